The van der Waals surface area contributed by atoms with E-state index < -0.39 is 0 Å². The van der Waals surface area contributed by atoms with Gasteiger partial charge in [-0.15, -0.1) is 47.5 Å². The molecule has 0 spiro atoms. The number of nitrogens with one attached hydrogen (secondary N) is 2. The molecular formula is C25H21Cl2N7S2. The number of benzene rings is 2. The molecule has 0 aliphatic carbocycles. The molecule has 0 fully saturated rings. The van der Waals surface area contributed by atoms with E-state index in [9.17, 15) is 0 Å². The molecule has 0 atom stereocenters. The maximum Gasteiger partial charge on any atom is 0.143 e. The van der Waals surface area contributed by atoms with Gasteiger partial charge in [0.25, 0.3) is 0 Å². The minimum atomic E-state index is 0. The fraction of sp³-hybridized carbons (Fsp3) is 0.160. The van der Waals surface area contributed by atoms with E-state index in [4.69, 9.17) is 15.0 Å². The molecule has 2 aliphatic rings. The van der Waals surface area contributed by atoms with Crippen LogP contribution in [0.25, 0.3) is 41.7 Å². The van der Waals surface area contributed by atoms with Crippen molar-refractivity contribution < 1.29 is 0 Å². The van der Waals surface area contributed by atoms with Gasteiger partial charge in [-0.05, 0) is 48.5 Å². The van der Waals surface area contributed by atoms with Crippen molar-refractivity contribution >= 4 is 79.6 Å². The van der Waals surface area contributed by atoms with Gasteiger partial charge in [0.2, 0.25) is 0 Å². The number of fused-ring (bicyclic) bond motifs is 2. The Morgan fingerprint density at radius 1 is 0.639 bits per heavy atom. The van der Waals surface area contributed by atoms with Gasteiger partial charge in [-0.1, -0.05) is 0 Å². The third kappa shape index (κ3) is 4.43. The van der Waals surface area contributed by atoms with Crippen LogP contribution in [-0.4, -0.2) is 52.8 Å². The number of amidine groups is 2. The summed E-state index contributed by atoms with van der Waals surface area (Å²) in [5, 5.41) is 8.55. The molecule has 7 rings (SSSR count). The van der Waals surface area contributed by atoms with Crippen molar-refractivity contribution in [2.45, 2.75) is 0 Å². The van der Waals surface area contributed by atoms with Gasteiger partial charge in [0.05, 0.1) is 39.2 Å². The van der Waals surface area contributed by atoms with Crippen LogP contribution in [-0.2, 0) is 0 Å². The van der Waals surface area contributed by atoms with E-state index in [1.165, 1.54) is 0 Å². The molecule has 2 aromatic carbocycles. The van der Waals surface area contributed by atoms with Gasteiger partial charge in [0.15, 0.2) is 0 Å². The highest BCUT2D eigenvalue weighted by Crippen LogP contribution is 2.33. The van der Waals surface area contributed by atoms with Crippen LogP contribution >= 0.6 is 47.5 Å². The normalized spacial score (nSPS) is 14.6. The number of halogens is 2. The van der Waals surface area contributed by atoms with Gasteiger partial charge in [-0.2, -0.15) is 0 Å². The number of aliphatic imine (C=N–C) groups is 2. The molecule has 5 heterocycles. The lowest BCUT2D eigenvalue weighted by molar-refractivity contribution is 0.960. The van der Waals surface area contributed by atoms with E-state index in [1.807, 2.05) is 12.3 Å². The molecule has 5 aromatic rings. The largest absolute Gasteiger partial charge is 0.368 e. The monoisotopic (exact) mass is 553 g/mol. The average Bonchev–Trinajstić information content (AvgIpc) is 3.69. The minimum absolute atomic E-state index is 0. The summed E-state index contributed by atoms with van der Waals surface area (Å²) in [6.45, 7) is 3.48. The van der Waals surface area contributed by atoms with E-state index in [0.29, 0.717) is 0 Å². The zero-order valence-electron chi connectivity index (χ0n) is 18.9. The first-order valence-electron chi connectivity index (χ1n) is 11.2. The lowest BCUT2D eigenvalue weighted by Crippen LogP contribution is -2.19. The second-order valence-corrected chi connectivity index (χ2v) is 10.2. The van der Waals surface area contributed by atoms with E-state index in [0.717, 1.165) is 90.7 Å². The molecule has 0 bridgehead atoms. The molecule has 0 unspecified atom stereocenters. The van der Waals surface area contributed by atoms with E-state index in [1.54, 1.807) is 22.7 Å². The van der Waals surface area contributed by atoms with Crippen molar-refractivity contribution in [3.05, 3.63) is 65.9 Å². The molecule has 182 valence electrons. The number of aromatic nitrogens is 3. The van der Waals surface area contributed by atoms with Gasteiger partial charge in [0.1, 0.15) is 21.7 Å². The Morgan fingerprint density at radius 2 is 1.19 bits per heavy atom. The molecule has 0 amide bonds. The zero-order valence-corrected chi connectivity index (χ0v) is 22.2. The highest BCUT2D eigenvalue weighted by atomic mass is 35.5. The molecule has 7 nitrogen and oxygen atoms in total. The van der Waals surface area contributed by atoms with Gasteiger partial charge < -0.3 is 10.6 Å². The van der Waals surface area contributed by atoms with Crippen LogP contribution in [0.4, 0.5) is 0 Å². The van der Waals surface area contributed by atoms with Crippen molar-refractivity contribution in [3.8, 4) is 21.3 Å². The van der Waals surface area contributed by atoms with Crippen LogP contribution in [0.3, 0.4) is 0 Å². The predicted octanol–water partition coefficient (Wildman–Crippen LogP) is 5.18. The molecule has 2 N–H and O–H groups in total. The molecule has 0 radical (unpaired) electrons. The quantitative estimate of drug-likeness (QED) is 0.320. The van der Waals surface area contributed by atoms with Crippen LogP contribution in [0.5, 0.6) is 0 Å². The maximum absolute atomic E-state index is 4.82. The van der Waals surface area contributed by atoms with Crippen molar-refractivity contribution in [1.29, 1.82) is 0 Å². The number of pyridine rings is 1. The molecule has 3 aromatic heterocycles. The van der Waals surface area contributed by atoms with Crippen molar-refractivity contribution in [2.75, 3.05) is 26.2 Å². The van der Waals surface area contributed by atoms with Gasteiger partial charge >= 0.3 is 0 Å². The first kappa shape index (κ1) is 24.6. The van der Waals surface area contributed by atoms with Crippen molar-refractivity contribution in [1.82, 2.24) is 25.6 Å². The number of hydrogen-bond donors (Lipinski definition) is 2. The number of rotatable bonds is 4. The molecule has 0 saturated carbocycles. The smallest absolute Gasteiger partial charge is 0.143 e. The summed E-state index contributed by atoms with van der Waals surface area (Å²) in [6.07, 6.45) is 1.89. The van der Waals surface area contributed by atoms with Gasteiger partial charge in [0, 0.05) is 36.0 Å². The van der Waals surface area contributed by atoms with E-state index in [-0.39, 0.29) is 24.8 Å². The van der Waals surface area contributed by atoms with E-state index >= 15 is 0 Å². The Hall–Kier alpha value is -3.11. The Bertz CT molecular complexity index is 1500. The second kappa shape index (κ2) is 10.1. The van der Waals surface area contributed by atoms with E-state index in [2.05, 4.69) is 63.1 Å². The fourth-order valence-corrected chi connectivity index (χ4v) is 6.18. The van der Waals surface area contributed by atoms with Crippen LogP contribution < -0.4 is 10.6 Å². The summed E-state index contributed by atoms with van der Waals surface area (Å²) >= 11 is 3.33. The molecular weight excluding hydrogens is 533 g/mol. The van der Waals surface area contributed by atoms with Gasteiger partial charge in [-0.25, -0.2) is 9.97 Å². The highest BCUT2D eigenvalue weighted by molar-refractivity contribution is 7.22. The molecule has 2 aliphatic heterocycles. The topological polar surface area (TPSA) is 87.5 Å². The SMILES string of the molecule is Cl.Cl.c1cc2nc(-c3ccc(-c4nc5ccc(C6=NCCN6)cc5s4)nc3)sc2cc1C1=NCCN1. The summed E-state index contributed by atoms with van der Waals surface area (Å²) in [6, 6.07) is 16.7. The lowest BCUT2D eigenvalue weighted by Gasteiger charge is -2.01. The van der Waals surface area contributed by atoms with Crippen molar-refractivity contribution in [3.63, 3.8) is 0 Å². The van der Waals surface area contributed by atoms with Crippen LogP contribution in [0.1, 0.15) is 11.1 Å². The van der Waals surface area contributed by atoms with Crippen LogP contribution in [0, 0.1) is 0 Å². The fourth-order valence-electron chi connectivity index (χ4n) is 4.21. The van der Waals surface area contributed by atoms with Crippen molar-refractivity contribution in [2.24, 2.45) is 9.98 Å². The Labute approximate surface area is 227 Å². The molecule has 11 heteroatoms. The first-order valence-corrected chi connectivity index (χ1v) is 12.8. The summed E-state index contributed by atoms with van der Waals surface area (Å²) in [7, 11) is 0. The summed E-state index contributed by atoms with van der Waals surface area (Å²) in [5.41, 5.74) is 6.08. The number of nitrogens with zero attached hydrogens (tertiary/aromatic N) is 5. The minimum Gasteiger partial charge on any atom is -0.368 e. The van der Waals surface area contributed by atoms with Crippen LogP contribution in [0.2, 0.25) is 0 Å². The second-order valence-electron chi connectivity index (χ2n) is 8.15. The number of hydrogen-bond acceptors (Lipinski definition) is 9. The van der Waals surface area contributed by atoms with Gasteiger partial charge in [-0.3, -0.25) is 15.0 Å². The average molecular weight is 555 g/mol. The third-order valence-electron chi connectivity index (χ3n) is 5.90. The first-order chi connectivity index (χ1) is 16.8. The lowest BCUT2D eigenvalue weighted by atomic mass is 10.2. The molecule has 0 saturated heterocycles. The summed E-state index contributed by atoms with van der Waals surface area (Å²) < 4.78 is 2.29. The Balaban J connectivity index is 0.00000133. The van der Waals surface area contributed by atoms with Crippen LogP contribution in [0.15, 0.2) is 64.7 Å². The summed E-state index contributed by atoms with van der Waals surface area (Å²) in [4.78, 5) is 23.4. The summed E-state index contributed by atoms with van der Waals surface area (Å²) in [5.74, 6) is 1.94. The zero-order chi connectivity index (χ0) is 22.5. The highest BCUT2D eigenvalue weighted by Gasteiger charge is 2.14. The standard InChI is InChI=1S/C25H19N7S2.2ClH/c1-4-17-20(11-14(1)22-26-7-8-27-22)33-24(31-17)16-3-6-19(30-13-16)25-32-18-5-2-15(12-21(18)34-25)23-28-9-10-29-23;;/h1-6,11-13H,7-10H2,(H,26,27)(H,28,29);2*1H. The number of thiazole rings is 2. The predicted molar refractivity (Wildman–Crippen MR) is 155 cm³/mol. The maximum atomic E-state index is 4.82. The Kier molecular flexibility index (Phi) is 6.90. The molecule has 36 heavy (non-hydrogen) atoms. The third-order valence-corrected chi connectivity index (χ3v) is 8.01. The Morgan fingerprint density at radius 3 is 1.72 bits per heavy atom.